The summed E-state index contributed by atoms with van der Waals surface area (Å²) in [5, 5.41) is 3.24. The van der Waals surface area contributed by atoms with Crippen LogP contribution in [0.25, 0.3) is 0 Å². The van der Waals surface area contributed by atoms with Crippen LogP contribution in [-0.2, 0) is 15.5 Å². The maximum absolute atomic E-state index is 12.6. The van der Waals surface area contributed by atoms with Gasteiger partial charge in [0.25, 0.3) is 0 Å². The van der Waals surface area contributed by atoms with Crippen molar-refractivity contribution in [1.82, 2.24) is 10.2 Å². The topological polar surface area (TPSA) is 58.6 Å². The molecule has 0 aromatic carbocycles. The first-order valence-electron chi connectivity index (χ1n) is 8.98. The Balaban J connectivity index is 1.93. The molecule has 6 heteroatoms. The molecule has 2 fully saturated rings. The van der Waals surface area contributed by atoms with E-state index in [-0.39, 0.29) is 29.6 Å². The maximum Gasteiger partial charge on any atom is 0.317 e. The molecule has 2 atom stereocenters. The van der Waals surface area contributed by atoms with Gasteiger partial charge in [0.2, 0.25) is 0 Å². The van der Waals surface area contributed by atoms with Crippen molar-refractivity contribution in [3.63, 3.8) is 0 Å². The second-order valence-electron chi connectivity index (χ2n) is 6.81. The number of nitrogens with zero attached hydrogens (tertiary/aromatic N) is 1. The lowest BCUT2D eigenvalue weighted by atomic mass is 9.58. The molecule has 1 N–H and O–H groups in total. The molecule has 2 amide bonds. The quantitative estimate of drug-likeness (QED) is 0.805. The standard InChI is InChI=1S/C17H32N2O3S/c1-5-17(6-2)14(12-15(17)22-7-3)18-16(20)19(4)13-8-10-23(21)11-9-13/h13-15H,5-12H2,1-4H3,(H,18,20)/t13?,14-,15+,23?/m1/s1. The summed E-state index contributed by atoms with van der Waals surface area (Å²) in [4.78, 5) is 14.4. The molecule has 1 heterocycles. The Hall–Kier alpha value is -0.620. The van der Waals surface area contributed by atoms with Gasteiger partial charge in [-0.15, -0.1) is 0 Å². The fraction of sp³-hybridized carbons (Fsp3) is 0.941. The predicted molar refractivity (Wildman–Crippen MR) is 94.0 cm³/mol. The summed E-state index contributed by atoms with van der Waals surface area (Å²) in [5.74, 6) is 1.43. The number of ether oxygens (including phenoxy) is 1. The van der Waals surface area contributed by atoms with Crippen LogP contribution >= 0.6 is 0 Å². The Morgan fingerprint density at radius 1 is 1.26 bits per heavy atom. The second kappa shape index (κ2) is 7.97. The van der Waals surface area contributed by atoms with Crippen LogP contribution in [0, 0.1) is 5.41 Å². The Morgan fingerprint density at radius 3 is 2.39 bits per heavy atom. The number of rotatable bonds is 6. The van der Waals surface area contributed by atoms with Gasteiger partial charge in [0.1, 0.15) is 0 Å². The summed E-state index contributed by atoms with van der Waals surface area (Å²) in [6, 6.07) is 0.420. The largest absolute Gasteiger partial charge is 0.378 e. The van der Waals surface area contributed by atoms with E-state index in [0.29, 0.717) is 11.5 Å². The zero-order chi connectivity index (χ0) is 17.0. The van der Waals surface area contributed by atoms with Gasteiger partial charge in [-0.3, -0.25) is 4.21 Å². The van der Waals surface area contributed by atoms with Crippen molar-refractivity contribution in [2.24, 2.45) is 5.41 Å². The van der Waals surface area contributed by atoms with Crippen LogP contribution in [0.5, 0.6) is 0 Å². The van der Waals surface area contributed by atoms with Gasteiger partial charge in [-0.2, -0.15) is 0 Å². The first-order valence-corrected chi connectivity index (χ1v) is 10.5. The fourth-order valence-corrected chi connectivity index (χ4v) is 5.44. The molecule has 23 heavy (non-hydrogen) atoms. The normalized spacial score (nSPS) is 32.9. The van der Waals surface area contributed by atoms with Crippen molar-refractivity contribution in [3.8, 4) is 0 Å². The van der Waals surface area contributed by atoms with E-state index in [1.54, 1.807) is 0 Å². The molecule has 5 nitrogen and oxygen atoms in total. The average Bonchev–Trinajstić information content (AvgIpc) is 2.55. The van der Waals surface area contributed by atoms with Crippen molar-refractivity contribution < 1.29 is 13.7 Å². The van der Waals surface area contributed by atoms with Crippen LogP contribution in [0.4, 0.5) is 4.79 Å². The highest BCUT2D eigenvalue weighted by Crippen LogP contribution is 2.48. The van der Waals surface area contributed by atoms with Gasteiger partial charge < -0.3 is 15.0 Å². The number of nitrogens with one attached hydrogen (secondary N) is 1. The van der Waals surface area contributed by atoms with Gasteiger partial charge in [-0.05, 0) is 39.0 Å². The summed E-state index contributed by atoms with van der Waals surface area (Å²) in [6.07, 6.45) is 4.89. The monoisotopic (exact) mass is 344 g/mol. The first kappa shape index (κ1) is 18.7. The molecular weight excluding hydrogens is 312 g/mol. The molecule has 0 aromatic heterocycles. The molecule has 2 rings (SSSR count). The molecule has 0 radical (unpaired) electrons. The smallest absolute Gasteiger partial charge is 0.317 e. The van der Waals surface area contributed by atoms with E-state index >= 15 is 0 Å². The van der Waals surface area contributed by atoms with Crippen molar-refractivity contribution >= 4 is 16.8 Å². The highest BCUT2D eigenvalue weighted by molar-refractivity contribution is 7.85. The number of hydrogen-bond acceptors (Lipinski definition) is 3. The van der Waals surface area contributed by atoms with Gasteiger partial charge in [0.05, 0.1) is 6.10 Å². The van der Waals surface area contributed by atoms with E-state index in [9.17, 15) is 9.00 Å². The highest BCUT2D eigenvalue weighted by atomic mass is 32.2. The zero-order valence-electron chi connectivity index (χ0n) is 15.0. The van der Waals surface area contributed by atoms with Crippen LogP contribution in [0.1, 0.15) is 52.9 Å². The Bertz CT molecular complexity index is 430. The lowest BCUT2D eigenvalue weighted by Crippen LogP contribution is -2.66. The Morgan fingerprint density at radius 2 is 1.87 bits per heavy atom. The lowest BCUT2D eigenvalue weighted by Gasteiger charge is -2.55. The van der Waals surface area contributed by atoms with Crippen LogP contribution in [0.2, 0.25) is 0 Å². The van der Waals surface area contributed by atoms with Gasteiger partial charge in [-0.25, -0.2) is 4.79 Å². The minimum atomic E-state index is -0.689. The molecule has 1 aliphatic heterocycles. The number of urea groups is 1. The van der Waals surface area contributed by atoms with E-state index in [1.165, 1.54) is 0 Å². The number of amides is 2. The summed E-state index contributed by atoms with van der Waals surface area (Å²) < 4.78 is 17.4. The Kier molecular flexibility index (Phi) is 6.48. The van der Waals surface area contributed by atoms with E-state index in [0.717, 1.165) is 38.7 Å². The van der Waals surface area contributed by atoms with E-state index in [1.807, 2.05) is 18.9 Å². The molecule has 2 aliphatic rings. The molecule has 0 spiro atoms. The van der Waals surface area contributed by atoms with Crippen LogP contribution < -0.4 is 5.32 Å². The van der Waals surface area contributed by atoms with Crippen molar-refractivity contribution in [1.29, 1.82) is 0 Å². The summed E-state index contributed by atoms with van der Waals surface area (Å²) in [6.45, 7) is 7.14. The SMILES string of the molecule is CCO[C@H]1C[C@@H](NC(=O)N(C)C2CCS(=O)CC2)C1(CC)CC. The predicted octanol–water partition coefficient (Wildman–Crippen LogP) is 2.52. The number of carbonyl (C=O) groups excluding carboxylic acids is 1. The van der Waals surface area contributed by atoms with Crippen LogP contribution in [-0.4, -0.2) is 58.5 Å². The van der Waals surface area contributed by atoms with Crippen molar-refractivity contribution in [2.45, 2.75) is 71.1 Å². The van der Waals surface area contributed by atoms with E-state index in [4.69, 9.17) is 4.74 Å². The van der Waals surface area contributed by atoms with Gasteiger partial charge >= 0.3 is 6.03 Å². The van der Waals surface area contributed by atoms with Crippen molar-refractivity contribution in [2.75, 3.05) is 25.2 Å². The zero-order valence-corrected chi connectivity index (χ0v) is 15.8. The first-order chi connectivity index (χ1) is 11.0. The summed E-state index contributed by atoms with van der Waals surface area (Å²) in [5.41, 5.74) is 0.0700. The molecular formula is C17H32N2O3S. The average molecular weight is 345 g/mol. The third-order valence-electron chi connectivity index (χ3n) is 5.99. The van der Waals surface area contributed by atoms with Gasteiger partial charge in [0.15, 0.2) is 0 Å². The summed E-state index contributed by atoms with van der Waals surface area (Å²) >= 11 is 0. The summed E-state index contributed by atoms with van der Waals surface area (Å²) in [7, 11) is 1.18. The lowest BCUT2D eigenvalue weighted by molar-refractivity contribution is -0.134. The molecule has 1 saturated heterocycles. The Labute approximate surface area is 143 Å². The van der Waals surface area contributed by atoms with E-state index in [2.05, 4.69) is 19.2 Å². The number of carbonyl (C=O) groups is 1. The highest BCUT2D eigenvalue weighted by Gasteiger charge is 2.54. The van der Waals surface area contributed by atoms with Gasteiger partial charge in [0, 0.05) is 53.5 Å². The number of hydrogen-bond donors (Lipinski definition) is 1. The minimum Gasteiger partial charge on any atom is -0.378 e. The third kappa shape index (κ3) is 3.73. The molecule has 134 valence electrons. The molecule has 0 bridgehead atoms. The molecule has 0 aromatic rings. The molecule has 1 aliphatic carbocycles. The van der Waals surface area contributed by atoms with Gasteiger partial charge in [-0.1, -0.05) is 13.8 Å². The van der Waals surface area contributed by atoms with Crippen LogP contribution in [0.15, 0.2) is 0 Å². The molecule has 0 unspecified atom stereocenters. The maximum atomic E-state index is 12.6. The minimum absolute atomic E-state index is 0.00825. The van der Waals surface area contributed by atoms with Crippen LogP contribution in [0.3, 0.4) is 0 Å². The second-order valence-corrected chi connectivity index (χ2v) is 8.51. The fourth-order valence-electron chi connectivity index (χ4n) is 4.17. The third-order valence-corrected chi connectivity index (χ3v) is 7.37. The van der Waals surface area contributed by atoms with E-state index < -0.39 is 10.8 Å². The van der Waals surface area contributed by atoms with Crippen molar-refractivity contribution in [3.05, 3.63) is 0 Å². The molecule has 1 saturated carbocycles.